The summed E-state index contributed by atoms with van der Waals surface area (Å²) in [6.07, 6.45) is 2.65. The van der Waals surface area contributed by atoms with Crippen molar-refractivity contribution in [1.82, 2.24) is 20.1 Å². The van der Waals surface area contributed by atoms with Gasteiger partial charge in [0.05, 0.1) is 18.2 Å². The Balaban J connectivity index is 1.43. The number of H-pyrrole nitrogens is 1. The van der Waals surface area contributed by atoms with Crippen LogP contribution in [0.1, 0.15) is 52.3 Å². The first kappa shape index (κ1) is 20.0. The number of nitrogens with one attached hydrogen (secondary N) is 2. The number of morpholine rings is 1. The molecule has 1 aromatic heterocycles. The van der Waals surface area contributed by atoms with Gasteiger partial charge in [-0.15, -0.1) is 0 Å². The van der Waals surface area contributed by atoms with Crippen LogP contribution >= 0.6 is 0 Å². The molecule has 1 saturated carbocycles. The summed E-state index contributed by atoms with van der Waals surface area (Å²) in [4.78, 5) is 19.9. The average molecular weight is 398 g/mol. The van der Waals surface area contributed by atoms with Crippen molar-refractivity contribution in [1.29, 1.82) is 0 Å². The number of amides is 1. The maximum absolute atomic E-state index is 13.1. The van der Waals surface area contributed by atoms with E-state index in [1.54, 1.807) is 0 Å². The zero-order valence-electron chi connectivity index (χ0n) is 17.7. The number of benzene rings is 1. The van der Waals surface area contributed by atoms with Gasteiger partial charge in [0.1, 0.15) is 5.82 Å². The molecular formula is C22H31N5O2. The van der Waals surface area contributed by atoms with Crippen molar-refractivity contribution in [3.63, 3.8) is 0 Å². The van der Waals surface area contributed by atoms with E-state index in [2.05, 4.69) is 53.1 Å². The molecule has 3 unspecified atom stereocenters. The maximum Gasteiger partial charge on any atom is 0.241 e. The van der Waals surface area contributed by atoms with E-state index < -0.39 is 0 Å². The predicted molar refractivity (Wildman–Crippen MR) is 113 cm³/mol. The molecule has 156 valence electrons. The Hall–Kier alpha value is -2.25. The SMILES string of the molecule is CC1CN(C(C(=O)Nc2ccc(-c3n[nH]c(C4CC4)n3)cc2)C(C)C)CC(C)O1. The van der Waals surface area contributed by atoms with Gasteiger partial charge in [-0.3, -0.25) is 14.8 Å². The quantitative estimate of drug-likeness (QED) is 0.780. The Morgan fingerprint density at radius 2 is 1.83 bits per heavy atom. The van der Waals surface area contributed by atoms with Crippen molar-refractivity contribution in [2.45, 2.75) is 64.7 Å². The Kier molecular flexibility index (Phi) is 5.69. The molecule has 2 aromatic rings. The van der Waals surface area contributed by atoms with Crippen molar-refractivity contribution in [2.24, 2.45) is 5.92 Å². The van der Waals surface area contributed by atoms with Crippen LogP contribution in [0.25, 0.3) is 11.4 Å². The van der Waals surface area contributed by atoms with Crippen molar-refractivity contribution in [2.75, 3.05) is 18.4 Å². The lowest BCUT2D eigenvalue weighted by Crippen LogP contribution is -2.55. The molecule has 7 heteroatoms. The van der Waals surface area contributed by atoms with Gasteiger partial charge >= 0.3 is 0 Å². The van der Waals surface area contributed by atoms with E-state index in [-0.39, 0.29) is 30.1 Å². The van der Waals surface area contributed by atoms with Crippen LogP contribution in [0, 0.1) is 5.92 Å². The van der Waals surface area contributed by atoms with Gasteiger partial charge in [0.15, 0.2) is 5.82 Å². The van der Waals surface area contributed by atoms with E-state index >= 15 is 0 Å². The van der Waals surface area contributed by atoms with Gasteiger partial charge in [-0.25, -0.2) is 4.98 Å². The minimum atomic E-state index is -0.183. The Morgan fingerprint density at radius 3 is 2.41 bits per heavy atom. The second kappa shape index (κ2) is 8.24. The normalized spacial score (nSPS) is 23.9. The topological polar surface area (TPSA) is 83.1 Å². The van der Waals surface area contributed by atoms with Crippen LogP contribution in [0.5, 0.6) is 0 Å². The highest BCUT2D eigenvalue weighted by Gasteiger charge is 2.34. The molecule has 2 heterocycles. The number of hydrogen-bond acceptors (Lipinski definition) is 5. The summed E-state index contributed by atoms with van der Waals surface area (Å²) in [7, 11) is 0. The molecule has 1 aromatic carbocycles. The molecule has 3 atom stereocenters. The highest BCUT2D eigenvalue weighted by molar-refractivity contribution is 5.95. The van der Waals surface area contributed by atoms with E-state index in [0.29, 0.717) is 11.7 Å². The minimum Gasteiger partial charge on any atom is -0.373 e. The average Bonchev–Trinajstić information content (AvgIpc) is 3.38. The van der Waals surface area contributed by atoms with Gasteiger partial charge < -0.3 is 10.1 Å². The Morgan fingerprint density at radius 1 is 1.17 bits per heavy atom. The highest BCUT2D eigenvalue weighted by Crippen LogP contribution is 2.38. The largest absolute Gasteiger partial charge is 0.373 e. The van der Waals surface area contributed by atoms with Gasteiger partial charge in [-0.2, -0.15) is 5.10 Å². The second-order valence-corrected chi connectivity index (χ2v) is 8.79. The molecule has 4 rings (SSSR count). The van der Waals surface area contributed by atoms with Crippen molar-refractivity contribution in [3.8, 4) is 11.4 Å². The first-order chi connectivity index (χ1) is 13.9. The minimum absolute atomic E-state index is 0.0305. The van der Waals surface area contributed by atoms with Crippen LogP contribution < -0.4 is 5.32 Å². The number of nitrogens with zero attached hydrogens (tertiary/aromatic N) is 3. The summed E-state index contributed by atoms with van der Waals surface area (Å²) in [6, 6.07) is 7.57. The van der Waals surface area contributed by atoms with Crippen molar-refractivity contribution in [3.05, 3.63) is 30.1 Å². The number of aromatic amines is 1. The monoisotopic (exact) mass is 397 g/mol. The summed E-state index contributed by atoms with van der Waals surface area (Å²) >= 11 is 0. The van der Waals surface area contributed by atoms with E-state index in [9.17, 15) is 4.79 Å². The van der Waals surface area contributed by atoms with Crippen molar-refractivity contribution < 1.29 is 9.53 Å². The summed E-state index contributed by atoms with van der Waals surface area (Å²) in [5, 5.41) is 10.5. The molecule has 2 fully saturated rings. The summed E-state index contributed by atoms with van der Waals surface area (Å²) in [6.45, 7) is 9.86. The Bertz CT molecular complexity index is 833. The lowest BCUT2D eigenvalue weighted by Gasteiger charge is -2.41. The third-order valence-corrected chi connectivity index (χ3v) is 5.62. The van der Waals surface area contributed by atoms with Gasteiger partial charge in [0.25, 0.3) is 0 Å². The molecule has 7 nitrogen and oxygen atoms in total. The number of carbonyl (C=O) groups excluding carboxylic acids is 1. The van der Waals surface area contributed by atoms with Crippen LogP contribution in [-0.4, -0.2) is 57.3 Å². The number of aromatic nitrogens is 3. The number of rotatable bonds is 6. The number of hydrogen-bond donors (Lipinski definition) is 2. The fourth-order valence-corrected chi connectivity index (χ4v) is 4.20. The van der Waals surface area contributed by atoms with Crippen LogP contribution in [-0.2, 0) is 9.53 Å². The first-order valence-electron chi connectivity index (χ1n) is 10.6. The third-order valence-electron chi connectivity index (χ3n) is 5.62. The fourth-order valence-electron chi connectivity index (χ4n) is 4.20. The molecule has 29 heavy (non-hydrogen) atoms. The molecule has 1 aliphatic heterocycles. The zero-order valence-corrected chi connectivity index (χ0v) is 17.7. The molecular weight excluding hydrogens is 366 g/mol. The lowest BCUT2D eigenvalue weighted by atomic mass is 9.99. The molecule has 0 spiro atoms. The number of carbonyl (C=O) groups is 1. The van der Waals surface area contributed by atoms with Crippen LogP contribution in [0.4, 0.5) is 5.69 Å². The molecule has 2 N–H and O–H groups in total. The first-order valence-corrected chi connectivity index (χ1v) is 10.6. The number of ether oxygens (including phenoxy) is 1. The van der Waals surface area contributed by atoms with E-state index in [1.165, 1.54) is 12.8 Å². The maximum atomic E-state index is 13.1. The fraction of sp³-hybridized carbons (Fsp3) is 0.591. The predicted octanol–water partition coefficient (Wildman–Crippen LogP) is 3.42. The molecule has 1 saturated heterocycles. The Labute approximate surface area is 172 Å². The van der Waals surface area contributed by atoms with E-state index in [1.807, 2.05) is 24.3 Å². The highest BCUT2D eigenvalue weighted by atomic mass is 16.5. The standard InChI is InChI=1S/C22H31N5O2/c1-13(2)19(27-11-14(3)29-15(4)12-27)22(28)23-18-9-7-17(8-10-18)21-24-20(25-26-21)16-5-6-16/h7-10,13-16,19H,5-6,11-12H2,1-4H3,(H,23,28)(H,24,25,26). The summed E-state index contributed by atoms with van der Waals surface area (Å²) in [5.74, 6) is 2.48. The van der Waals surface area contributed by atoms with Crippen molar-refractivity contribution >= 4 is 11.6 Å². The molecule has 1 aliphatic carbocycles. The van der Waals surface area contributed by atoms with Gasteiger partial charge in [0.2, 0.25) is 5.91 Å². The van der Waals surface area contributed by atoms with E-state index in [0.717, 1.165) is 30.2 Å². The van der Waals surface area contributed by atoms with Crippen LogP contribution in [0.15, 0.2) is 24.3 Å². The molecule has 2 aliphatic rings. The zero-order chi connectivity index (χ0) is 20.5. The molecule has 0 bridgehead atoms. The smallest absolute Gasteiger partial charge is 0.241 e. The lowest BCUT2D eigenvalue weighted by molar-refractivity contribution is -0.130. The van der Waals surface area contributed by atoms with Gasteiger partial charge in [0, 0.05) is 30.3 Å². The number of anilines is 1. The summed E-state index contributed by atoms with van der Waals surface area (Å²) in [5.41, 5.74) is 1.74. The van der Waals surface area contributed by atoms with Gasteiger partial charge in [-0.1, -0.05) is 13.8 Å². The van der Waals surface area contributed by atoms with Gasteiger partial charge in [-0.05, 0) is 56.9 Å². The third kappa shape index (κ3) is 4.67. The second-order valence-electron chi connectivity index (χ2n) is 8.79. The van der Waals surface area contributed by atoms with E-state index in [4.69, 9.17) is 4.74 Å². The van der Waals surface area contributed by atoms with Crippen LogP contribution in [0.3, 0.4) is 0 Å². The molecule has 0 radical (unpaired) electrons. The molecule has 1 amide bonds. The van der Waals surface area contributed by atoms with Crippen LogP contribution in [0.2, 0.25) is 0 Å². The summed E-state index contributed by atoms with van der Waals surface area (Å²) < 4.78 is 5.83.